The van der Waals surface area contributed by atoms with Gasteiger partial charge < -0.3 is 4.74 Å². The predicted octanol–water partition coefficient (Wildman–Crippen LogP) is 0.759. The Morgan fingerprint density at radius 3 is 2.59 bits per heavy atom. The summed E-state index contributed by atoms with van der Waals surface area (Å²) in [5.41, 5.74) is 1.17. The van der Waals surface area contributed by atoms with Crippen LogP contribution < -0.4 is 10.7 Å². The van der Waals surface area contributed by atoms with E-state index in [1.54, 1.807) is 24.3 Å². The predicted molar refractivity (Wildman–Crippen MR) is 79.2 cm³/mol. The molecule has 7 heteroatoms. The van der Waals surface area contributed by atoms with Crippen LogP contribution in [0.25, 0.3) is 5.76 Å². The van der Waals surface area contributed by atoms with Crippen molar-refractivity contribution in [2.45, 2.75) is 18.0 Å². The van der Waals surface area contributed by atoms with E-state index in [2.05, 4.69) is 4.99 Å². The quantitative estimate of drug-likeness (QED) is 0.838. The van der Waals surface area contributed by atoms with Gasteiger partial charge in [-0.15, -0.1) is 0 Å². The Bertz CT molecular complexity index is 930. The molecule has 1 aliphatic heterocycles. The van der Waals surface area contributed by atoms with Crippen molar-refractivity contribution in [2.24, 2.45) is 4.99 Å². The summed E-state index contributed by atoms with van der Waals surface area (Å²) in [5, 5.41) is 0.372. The van der Waals surface area contributed by atoms with Gasteiger partial charge in [0.25, 0.3) is 10.0 Å². The Morgan fingerprint density at radius 2 is 1.95 bits per heavy atom. The lowest BCUT2D eigenvalue weighted by Gasteiger charge is -2.13. The van der Waals surface area contributed by atoms with Crippen molar-refractivity contribution in [1.82, 2.24) is 3.97 Å². The molecule has 22 heavy (non-hydrogen) atoms. The summed E-state index contributed by atoms with van der Waals surface area (Å²) in [7, 11) is -2.41. The third-order valence-corrected chi connectivity index (χ3v) is 5.26. The van der Waals surface area contributed by atoms with Gasteiger partial charge in [-0.1, -0.05) is 17.7 Å². The standard InChI is InChI=1S/C15H15FN2O3S/c1-10-3-5-11(6-4-10)22(19,20)18-8-7-12-14(21-2)13(16)9-17-15(12)18/h3-8,13H,9H2,1-2H3. The van der Waals surface area contributed by atoms with Crippen LogP contribution in [0.3, 0.4) is 0 Å². The highest BCUT2D eigenvalue weighted by molar-refractivity contribution is 7.90. The molecule has 1 unspecified atom stereocenters. The SMILES string of the molecule is COC1=c2ccn(S(=O)(=O)c3ccc(C)cc3)c2=NCC1F. The third-order valence-electron chi connectivity index (χ3n) is 3.58. The fourth-order valence-electron chi connectivity index (χ4n) is 2.43. The van der Waals surface area contributed by atoms with Gasteiger partial charge >= 0.3 is 0 Å². The highest BCUT2D eigenvalue weighted by Crippen LogP contribution is 2.14. The normalized spacial score (nSPS) is 17.8. The minimum atomic E-state index is -3.77. The summed E-state index contributed by atoms with van der Waals surface area (Å²) in [4.78, 5) is 4.21. The monoisotopic (exact) mass is 322 g/mol. The zero-order valence-corrected chi connectivity index (χ0v) is 13.0. The Balaban J connectivity index is 2.24. The van der Waals surface area contributed by atoms with Crippen molar-refractivity contribution >= 4 is 15.8 Å². The highest BCUT2D eigenvalue weighted by Gasteiger charge is 2.24. The van der Waals surface area contributed by atoms with E-state index >= 15 is 0 Å². The molecule has 0 N–H and O–H groups in total. The van der Waals surface area contributed by atoms with Crippen LogP contribution >= 0.6 is 0 Å². The lowest BCUT2D eigenvalue weighted by molar-refractivity contribution is 0.273. The number of nitrogens with zero attached hydrogens (tertiary/aromatic N) is 2. The summed E-state index contributed by atoms with van der Waals surface area (Å²) < 4.78 is 45.3. The molecule has 0 fully saturated rings. The second kappa shape index (κ2) is 5.24. The molecule has 0 saturated carbocycles. The molecule has 5 nitrogen and oxygen atoms in total. The number of rotatable bonds is 3. The van der Waals surface area contributed by atoms with Gasteiger partial charge in [-0.3, -0.25) is 4.99 Å². The number of halogens is 1. The smallest absolute Gasteiger partial charge is 0.269 e. The number of fused-ring (bicyclic) bond motifs is 1. The molecule has 1 aliphatic rings. The van der Waals surface area contributed by atoms with Crippen molar-refractivity contribution in [3.8, 4) is 0 Å². The van der Waals surface area contributed by atoms with Gasteiger partial charge in [-0.2, -0.15) is 0 Å². The van der Waals surface area contributed by atoms with Gasteiger partial charge in [0.2, 0.25) is 0 Å². The summed E-state index contributed by atoms with van der Waals surface area (Å²) in [6, 6.07) is 8.04. The number of methoxy groups -OCH3 is 1. The zero-order valence-electron chi connectivity index (χ0n) is 12.2. The van der Waals surface area contributed by atoms with Crippen LogP contribution in [0.1, 0.15) is 5.56 Å². The van der Waals surface area contributed by atoms with E-state index in [-0.39, 0.29) is 22.7 Å². The molecule has 2 heterocycles. The van der Waals surface area contributed by atoms with Crippen LogP contribution in [0.15, 0.2) is 46.4 Å². The molecule has 0 bridgehead atoms. The van der Waals surface area contributed by atoms with Crippen LogP contribution in [0.5, 0.6) is 0 Å². The fourth-order valence-corrected chi connectivity index (χ4v) is 3.74. The second-order valence-electron chi connectivity index (χ2n) is 5.04. The molecule has 3 rings (SSSR count). The van der Waals surface area contributed by atoms with Crippen molar-refractivity contribution < 1.29 is 17.5 Å². The van der Waals surface area contributed by atoms with Crippen LogP contribution in [0, 0.1) is 6.92 Å². The number of hydrogen-bond donors (Lipinski definition) is 0. The third kappa shape index (κ3) is 2.21. The van der Waals surface area contributed by atoms with Crippen molar-refractivity contribution in [3.05, 3.63) is 52.8 Å². The van der Waals surface area contributed by atoms with Crippen LogP contribution in [-0.4, -0.2) is 32.2 Å². The summed E-state index contributed by atoms with van der Waals surface area (Å²) in [5.74, 6) is 0.114. The molecule has 1 aromatic heterocycles. The van der Waals surface area contributed by atoms with Gasteiger partial charge in [0, 0.05) is 6.20 Å². The van der Waals surface area contributed by atoms with E-state index in [1.807, 2.05) is 6.92 Å². The minimum absolute atomic E-state index is 0.114. The Morgan fingerprint density at radius 1 is 1.27 bits per heavy atom. The lowest BCUT2D eigenvalue weighted by atomic mass is 10.2. The molecule has 0 saturated heterocycles. The largest absolute Gasteiger partial charge is 0.497 e. The molecule has 116 valence electrons. The molecular weight excluding hydrogens is 307 g/mol. The van der Waals surface area contributed by atoms with Gasteiger partial charge in [0.15, 0.2) is 11.7 Å². The molecular formula is C15H15FN2O3S. The van der Waals surface area contributed by atoms with Crippen LogP contribution in [-0.2, 0) is 14.8 Å². The summed E-state index contributed by atoms with van der Waals surface area (Å²) in [6.07, 6.45) is 0.0240. The number of alkyl halides is 1. The van der Waals surface area contributed by atoms with Gasteiger partial charge in [-0.05, 0) is 25.1 Å². The van der Waals surface area contributed by atoms with E-state index in [4.69, 9.17) is 4.74 Å². The van der Waals surface area contributed by atoms with Crippen molar-refractivity contribution in [2.75, 3.05) is 13.7 Å². The molecule has 0 aliphatic carbocycles. The Hall–Kier alpha value is -2.15. The Kier molecular flexibility index (Phi) is 3.52. The zero-order chi connectivity index (χ0) is 15.9. The number of benzene rings is 1. The first kappa shape index (κ1) is 14.8. The fraction of sp³-hybridized carbons (Fsp3) is 0.267. The first-order valence-corrected chi connectivity index (χ1v) is 8.15. The molecule has 0 radical (unpaired) electrons. The summed E-state index contributed by atoms with van der Waals surface area (Å²) >= 11 is 0. The van der Waals surface area contributed by atoms with E-state index in [1.165, 1.54) is 19.4 Å². The van der Waals surface area contributed by atoms with E-state index < -0.39 is 16.2 Å². The molecule has 1 atom stereocenters. The maximum Gasteiger partial charge on any atom is 0.269 e. The molecule has 0 spiro atoms. The number of ether oxygens (including phenoxy) is 1. The molecule has 2 aromatic rings. The van der Waals surface area contributed by atoms with E-state index in [0.717, 1.165) is 9.54 Å². The molecule has 1 aromatic carbocycles. The number of hydrogen-bond acceptors (Lipinski definition) is 4. The second-order valence-corrected chi connectivity index (χ2v) is 6.86. The highest BCUT2D eigenvalue weighted by atomic mass is 32.2. The maximum atomic E-state index is 13.8. The van der Waals surface area contributed by atoms with Crippen molar-refractivity contribution in [1.29, 1.82) is 0 Å². The minimum Gasteiger partial charge on any atom is -0.497 e. The van der Waals surface area contributed by atoms with Crippen LogP contribution in [0.4, 0.5) is 4.39 Å². The summed E-state index contributed by atoms with van der Waals surface area (Å²) in [6.45, 7) is 1.73. The number of aryl methyl sites for hydroxylation is 1. The van der Waals surface area contributed by atoms with Gasteiger partial charge in [-0.25, -0.2) is 16.8 Å². The Labute approximate surface area is 127 Å². The average Bonchev–Trinajstić information content (AvgIpc) is 2.92. The maximum absolute atomic E-state index is 13.8. The van der Waals surface area contributed by atoms with Crippen molar-refractivity contribution in [3.63, 3.8) is 0 Å². The first-order chi connectivity index (χ1) is 10.4. The average molecular weight is 322 g/mol. The first-order valence-electron chi connectivity index (χ1n) is 6.71. The van der Waals surface area contributed by atoms with E-state index in [0.29, 0.717) is 5.22 Å². The van der Waals surface area contributed by atoms with Crippen LogP contribution in [0.2, 0.25) is 0 Å². The topological polar surface area (TPSA) is 60.7 Å². The van der Waals surface area contributed by atoms with Gasteiger partial charge in [0.05, 0.1) is 23.8 Å². The van der Waals surface area contributed by atoms with E-state index in [9.17, 15) is 12.8 Å². The number of aromatic nitrogens is 1. The molecule has 0 amide bonds. The lowest BCUT2D eigenvalue weighted by Crippen LogP contribution is -2.40. The van der Waals surface area contributed by atoms with Gasteiger partial charge in [0.1, 0.15) is 5.76 Å².